The van der Waals surface area contributed by atoms with E-state index in [0.717, 1.165) is 11.4 Å². The number of nitrogens with zero attached hydrogens (tertiary/aromatic N) is 4. The van der Waals surface area contributed by atoms with E-state index < -0.39 is 0 Å². The van der Waals surface area contributed by atoms with Crippen LogP contribution in [0.5, 0.6) is 0 Å². The van der Waals surface area contributed by atoms with Gasteiger partial charge >= 0.3 is 0 Å². The maximum atomic E-state index is 12.8. The number of fused-ring (bicyclic) bond motifs is 1. The van der Waals surface area contributed by atoms with E-state index in [1.54, 1.807) is 17.1 Å². The first-order valence-electron chi connectivity index (χ1n) is 7.33. The zero-order chi connectivity index (χ0) is 15.8. The van der Waals surface area contributed by atoms with Crippen LogP contribution in [0.2, 0.25) is 0 Å². The van der Waals surface area contributed by atoms with Crippen LogP contribution in [0.1, 0.15) is 5.69 Å². The van der Waals surface area contributed by atoms with Gasteiger partial charge in [0, 0.05) is 6.07 Å². The van der Waals surface area contributed by atoms with Crippen LogP contribution < -0.4 is 5.56 Å². The van der Waals surface area contributed by atoms with Gasteiger partial charge in [0.15, 0.2) is 0 Å². The van der Waals surface area contributed by atoms with Crippen molar-refractivity contribution in [3.8, 4) is 11.5 Å². The molecule has 0 saturated carbocycles. The number of aryl methyl sites for hydroxylation is 1. The Balaban J connectivity index is 1.99. The highest BCUT2D eigenvalue weighted by molar-refractivity contribution is 5.77. The number of benzene rings is 2. The fraction of sp³-hybridized carbons (Fsp3) is 0.0556. The summed E-state index contributed by atoms with van der Waals surface area (Å²) in [6.45, 7) is 1.91. The lowest BCUT2D eigenvalue weighted by molar-refractivity contribution is 0.793. The lowest BCUT2D eigenvalue weighted by atomic mass is 10.2. The molecule has 2 heterocycles. The lowest BCUT2D eigenvalue weighted by Crippen LogP contribution is -2.21. The zero-order valence-corrected chi connectivity index (χ0v) is 12.5. The van der Waals surface area contributed by atoms with E-state index in [0.29, 0.717) is 16.7 Å². The minimum atomic E-state index is -0.104. The Hall–Kier alpha value is -3.21. The summed E-state index contributed by atoms with van der Waals surface area (Å²) in [4.78, 5) is 17.2. The number of para-hydroxylation sites is 2. The van der Waals surface area contributed by atoms with Crippen molar-refractivity contribution in [2.75, 3.05) is 0 Å². The first-order chi connectivity index (χ1) is 11.2. The summed E-state index contributed by atoms with van der Waals surface area (Å²) in [7, 11) is 0. The number of rotatable bonds is 2. The van der Waals surface area contributed by atoms with Gasteiger partial charge in [-0.2, -0.15) is 5.10 Å². The highest BCUT2D eigenvalue weighted by Gasteiger charge is 2.12. The van der Waals surface area contributed by atoms with Crippen molar-refractivity contribution in [2.45, 2.75) is 6.92 Å². The number of hydrogen-bond donors (Lipinski definition) is 0. The van der Waals surface area contributed by atoms with Crippen molar-refractivity contribution in [3.05, 3.63) is 83.0 Å². The topological polar surface area (TPSA) is 52.7 Å². The van der Waals surface area contributed by atoms with Gasteiger partial charge < -0.3 is 0 Å². The molecular formula is C18H14N4O. The normalized spacial score (nSPS) is 11.0. The second-order valence-electron chi connectivity index (χ2n) is 5.33. The van der Waals surface area contributed by atoms with E-state index >= 15 is 0 Å². The molecule has 112 valence electrons. The van der Waals surface area contributed by atoms with Crippen LogP contribution in [-0.2, 0) is 0 Å². The molecular weight excluding hydrogens is 288 g/mol. The summed E-state index contributed by atoms with van der Waals surface area (Å²) >= 11 is 0. The Kier molecular flexibility index (Phi) is 3.05. The van der Waals surface area contributed by atoms with Gasteiger partial charge in [0.25, 0.3) is 5.56 Å². The maximum Gasteiger partial charge on any atom is 0.266 e. The van der Waals surface area contributed by atoms with Crippen LogP contribution in [0.25, 0.3) is 22.4 Å². The molecule has 0 fully saturated rings. The third-order valence-electron chi connectivity index (χ3n) is 3.73. The second kappa shape index (κ2) is 5.21. The predicted molar refractivity (Wildman–Crippen MR) is 89.2 cm³/mol. The van der Waals surface area contributed by atoms with Gasteiger partial charge in [-0.05, 0) is 31.2 Å². The van der Waals surface area contributed by atoms with Crippen LogP contribution in [0.4, 0.5) is 0 Å². The molecule has 0 aliphatic heterocycles. The SMILES string of the molecule is Cc1cc(-n2cnc3ccccc3c2=O)n(-c2ccccc2)n1. The van der Waals surface area contributed by atoms with Crippen LogP contribution in [0.3, 0.4) is 0 Å². The third-order valence-corrected chi connectivity index (χ3v) is 3.73. The van der Waals surface area contributed by atoms with E-state index in [1.165, 1.54) is 4.57 Å². The molecule has 2 aromatic carbocycles. The van der Waals surface area contributed by atoms with Crippen LogP contribution >= 0.6 is 0 Å². The molecule has 0 saturated heterocycles. The van der Waals surface area contributed by atoms with Gasteiger partial charge in [-0.1, -0.05) is 30.3 Å². The average molecular weight is 302 g/mol. The average Bonchev–Trinajstić information content (AvgIpc) is 2.98. The molecule has 4 rings (SSSR count). The Morgan fingerprint density at radius 2 is 1.70 bits per heavy atom. The van der Waals surface area contributed by atoms with Crippen LogP contribution in [0, 0.1) is 6.92 Å². The summed E-state index contributed by atoms with van der Waals surface area (Å²) in [6.07, 6.45) is 1.56. The summed E-state index contributed by atoms with van der Waals surface area (Å²) in [6, 6.07) is 19.0. The third kappa shape index (κ3) is 2.23. The Morgan fingerprint density at radius 1 is 0.957 bits per heavy atom. The van der Waals surface area contributed by atoms with Gasteiger partial charge in [-0.25, -0.2) is 9.67 Å². The molecule has 0 bridgehead atoms. The van der Waals surface area contributed by atoms with Gasteiger partial charge in [0.05, 0.1) is 22.3 Å². The fourth-order valence-electron chi connectivity index (χ4n) is 2.65. The van der Waals surface area contributed by atoms with E-state index in [4.69, 9.17) is 0 Å². The van der Waals surface area contributed by atoms with Gasteiger partial charge in [0.1, 0.15) is 12.1 Å². The van der Waals surface area contributed by atoms with Crippen molar-refractivity contribution < 1.29 is 0 Å². The molecule has 5 heteroatoms. The molecule has 0 atom stereocenters. The molecule has 0 aliphatic carbocycles. The Labute approximate surface area is 132 Å². The minimum absolute atomic E-state index is 0.104. The molecule has 0 amide bonds. The van der Waals surface area contributed by atoms with Crippen LogP contribution in [-0.4, -0.2) is 19.3 Å². The fourth-order valence-corrected chi connectivity index (χ4v) is 2.65. The predicted octanol–water partition coefficient (Wildman–Crippen LogP) is 2.88. The standard InChI is InChI=1S/C18H14N4O/c1-13-11-17(22(20-13)14-7-3-2-4-8-14)21-12-19-16-10-6-5-9-15(16)18(21)23/h2-12H,1H3. The Bertz CT molecular complexity index is 1050. The summed E-state index contributed by atoms with van der Waals surface area (Å²) in [5, 5.41) is 5.10. The molecule has 0 unspecified atom stereocenters. The summed E-state index contributed by atoms with van der Waals surface area (Å²) in [5.41, 5.74) is 2.32. The van der Waals surface area contributed by atoms with Crippen molar-refractivity contribution in [3.63, 3.8) is 0 Å². The quantitative estimate of drug-likeness (QED) is 0.572. The summed E-state index contributed by atoms with van der Waals surface area (Å²) in [5.74, 6) is 0.678. The molecule has 0 aliphatic rings. The molecule has 0 spiro atoms. The number of hydrogen-bond acceptors (Lipinski definition) is 3. The van der Waals surface area contributed by atoms with Crippen molar-refractivity contribution in [1.82, 2.24) is 19.3 Å². The van der Waals surface area contributed by atoms with E-state index in [9.17, 15) is 4.79 Å². The van der Waals surface area contributed by atoms with E-state index in [2.05, 4.69) is 10.1 Å². The highest BCUT2D eigenvalue weighted by atomic mass is 16.1. The monoisotopic (exact) mass is 302 g/mol. The van der Waals surface area contributed by atoms with Crippen molar-refractivity contribution >= 4 is 10.9 Å². The van der Waals surface area contributed by atoms with E-state index in [-0.39, 0.29) is 5.56 Å². The van der Waals surface area contributed by atoms with Gasteiger partial charge in [-0.15, -0.1) is 0 Å². The number of aromatic nitrogens is 4. The lowest BCUT2D eigenvalue weighted by Gasteiger charge is -2.09. The zero-order valence-electron chi connectivity index (χ0n) is 12.5. The van der Waals surface area contributed by atoms with Crippen molar-refractivity contribution in [1.29, 1.82) is 0 Å². The largest absolute Gasteiger partial charge is 0.268 e. The molecule has 5 nitrogen and oxygen atoms in total. The first kappa shape index (κ1) is 13.5. The van der Waals surface area contributed by atoms with Crippen LogP contribution in [0.15, 0.2) is 71.8 Å². The van der Waals surface area contributed by atoms with E-state index in [1.807, 2.05) is 61.5 Å². The minimum Gasteiger partial charge on any atom is -0.268 e. The first-order valence-corrected chi connectivity index (χ1v) is 7.33. The van der Waals surface area contributed by atoms with Gasteiger partial charge in [-0.3, -0.25) is 9.36 Å². The molecule has 4 aromatic rings. The summed E-state index contributed by atoms with van der Waals surface area (Å²) < 4.78 is 3.29. The van der Waals surface area contributed by atoms with Crippen molar-refractivity contribution in [2.24, 2.45) is 0 Å². The second-order valence-corrected chi connectivity index (χ2v) is 5.33. The molecule has 0 N–H and O–H groups in total. The highest BCUT2D eigenvalue weighted by Crippen LogP contribution is 2.16. The molecule has 0 radical (unpaired) electrons. The smallest absolute Gasteiger partial charge is 0.266 e. The molecule has 2 aromatic heterocycles. The van der Waals surface area contributed by atoms with Gasteiger partial charge in [0.2, 0.25) is 0 Å². The Morgan fingerprint density at radius 3 is 2.52 bits per heavy atom. The molecule has 23 heavy (non-hydrogen) atoms. The maximum absolute atomic E-state index is 12.8.